The first-order valence-corrected chi connectivity index (χ1v) is 7.05. The van der Waals surface area contributed by atoms with Crippen LogP contribution in [0.2, 0.25) is 0 Å². The van der Waals surface area contributed by atoms with Crippen LogP contribution in [-0.2, 0) is 4.79 Å². The van der Waals surface area contributed by atoms with Gasteiger partial charge >= 0.3 is 0 Å². The first kappa shape index (κ1) is 14.8. The van der Waals surface area contributed by atoms with Gasteiger partial charge in [-0.25, -0.2) is 4.39 Å². The molecule has 4 nitrogen and oxygen atoms in total. The van der Waals surface area contributed by atoms with E-state index in [2.05, 4.69) is 5.32 Å². The second kappa shape index (κ2) is 6.22. The van der Waals surface area contributed by atoms with Crippen molar-refractivity contribution in [1.29, 1.82) is 0 Å². The van der Waals surface area contributed by atoms with Crippen molar-refractivity contribution in [3.63, 3.8) is 0 Å². The van der Waals surface area contributed by atoms with Gasteiger partial charge in [-0.2, -0.15) is 0 Å². The number of carbonyl (C=O) groups excluding carboxylic acids is 1. The predicted molar refractivity (Wildman–Crippen MR) is 78.3 cm³/mol. The minimum Gasteiger partial charge on any atom is -0.358 e. The van der Waals surface area contributed by atoms with Crippen molar-refractivity contribution in [2.24, 2.45) is 0 Å². The molecule has 1 heterocycles. The number of nitrogens with one attached hydrogen (secondary N) is 1. The normalized spacial score (nSPS) is 17.5. The van der Waals surface area contributed by atoms with Gasteiger partial charge in [-0.15, -0.1) is 0 Å². The summed E-state index contributed by atoms with van der Waals surface area (Å²) < 4.78 is 14.3. The molecular formula is C15H22FN3O. The van der Waals surface area contributed by atoms with Crippen LogP contribution in [0.5, 0.6) is 0 Å². The Morgan fingerprint density at radius 3 is 2.80 bits per heavy atom. The smallest absolute Gasteiger partial charge is 0.241 e. The van der Waals surface area contributed by atoms with Gasteiger partial charge in [0.05, 0.1) is 12.2 Å². The zero-order chi connectivity index (χ0) is 14.7. The highest BCUT2D eigenvalue weighted by molar-refractivity contribution is 5.83. The Morgan fingerprint density at radius 2 is 2.15 bits per heavy atom. The van der Waals surface area contributed by atoms with Crippen molar-refractivity contribution in [2.45, 2.75) is 19.9 Å². The fourth-order valence-corrected chi connectivity index (χ4v) is 2.58. The molecule has 1 aromatic rings. The van der Waals surface area contributed by atoms with Crippen LogP contribution in [0.1, 0.15) is 25.5 Å². The highest BCUT2D eigenvalue weighted by atomic mass is 19.1. The number of nitrogens with zero attached hydrogens (tertiary/aromatic N) is 2. The number of likely N-dealkylation sites (N-methyl/N-ethyl adjacent to an activating group) is 1. The number of hydrogen-bond donors (Lipinski definition) is 1. The van der Waals surface area contributed by atoms with Gasteiger partial charge in [-0.3, -0.25) is 4.79 Å². The minimum absolute atomic E-state index is 0.0292. The van der Waals surface area contributed by atoms with Gasteiger partial charge in [0.15, 0.2) is 0 Å². The molecule has 1 atom stereocenters. The summed E-state index contributed by atoms with van der Waals surface area (Å²) in [6.07, 6.45) is 0. The number of carbonyl (C=O) groups is 1. The van der Waals surface area contributed by atoms with Crippen LogP contribution < -0.4 is 10.2 Å². The summed E-state index contributed by atoms with van der Waals surface area (Å²) in [4.78, 5) is 15.4. The summed E-state index contributed by atoms with van der Waals surface area (Å²) in [6, 6.07) is 5.16. The third-order valence-corrected chi connectivity index (χ3v) is 3.77. The molecule has 0 radical (unpaired) electrons. The molecule has 1 saturated heterocycles. The lowest BCUT2D eigenvalue weighted by atomic mass is 10.0. The van der Waals surface area contributed by atoms with Crippen LogP contribution in [0.4, 0.5) is 10.1 Å². The van der Waals surface area contributed by atoms with Crippen molar-refractivity contribution < 1.29 is 9.18 Å². The molecule has 1 unspecified atom stereocenters. The summed E-state index contributed by atoms with van der Waals surface area (Å²) in [6.45, 7) is 6.38. The number of rotatable bonds is 4. The summed E-state index contributed by atoms with van der Waals surface area (Å²) in [5, 5.41) is 3.30. The second-order valence-corrected chi connectivity index (χ2v) is 5.19. The zero-order valence-electron chi connectivity index (χ0n) is 12.3. The highest BCUT2D eigenvalue weighted by Gasteiger charge is 2.26. The van der Waals surface area contributed by atoms with E-state index >= 15 is 0 Å². The highest BCUT2D eigenvalue weighted by Crippen LogP contribution is 2.30. The molecule has 0 bridgehead atoms. The van der Waals surface area contributed by atoms with Gasteiger partial charge in [0, 0.05) is 26.2 Å². The third kappa shape index (κ3) is 2.93. The molecule has 0 spiro atoms. The summed E-state index contributed by atoms with van der Waals surface area (Å²) >= 11 is 0. The molecule has 5 heteroatoms. The fraction of sp³-hybridized carbons (Fsp3) is 0.533. The molecule has 0 aliphatic carbocycles. The van der Waals surface area contributed by atoms with Crippen molar-refractivity contribution >= 4 is 11.6 Å². The number of hydrogen-bond acceptors (Lipinski definition) is 3. The molecule has 0 aromatic heterocycles. The van der Waals surface area contributed by atoms with E-state index in [1.54, 1.807) is 18.0 Å². The Balaban J connectivity index is 2.32. The molecule has 1 aliphatic rings. The number of amides is 1. The molecule has 2 rings (SSSR count). The fourth-order valence-electron chi connectivity index (χ4n) is 2.58. The zero-order valence-corrected chi connectivity index (χ0v) is 12.3. The van der Waals surface area contributed by atoms with Crippen LogP contribution in [0.25, 0.3) is 0 Å². The van der Waals surface area contributed by atoms with E-state index in [9.17, 15) is 9.18 Å². The molecule has 0 saturated carbocycles. The van der Waals surface area contributed by atoms with E-state index in [1.165, 1.54) is 6.07 Å². The van der Waals surface area contributed by atoms with Crippen LogP contribution >= 0.6 is 0 Å². The number of halogens is 1. The van der Waals surface area contributed by atoms with Crippen molar-refractivity contribution in [2.75, 3.05) is 38.1 Å². The SMILES string of the molecule is CCNC(C)c1cccc(F)c1N1CCN(C)C(=O)C1. The largest absolute Gasteiger partial charge is 0.358 e. The average molecular weight is 279 g/mol. The molecule has 1 fully saturated rings. The Bertz CT molecular complexity index is 492. The lowest BCUT2D eigenvalue weighted by Crippen LogP contribution is -2.49. The van der Waals surface area contributed by atoms with Crippen LogP contribution in [-0.4, -0.2) is 44.0 Å². The maximum atomic E-state index is 14.3. The molecule has 20 heavy (non-hydrogen) atoms. The number of benzene rings is 1. The average Bonchev–Trinajstić information content (AvgIpc) is 2.42. The van der Waals surface area contributed by atoms with Gasteiger partial charge in [0.1, 0.15) is 5.82 Å². The third-order valence-electron chi connectivity index (χ3n) is 3.77. The van der Waals surface area contributed by atoms with Crippen LogP contribution in [0.3, 0.4) is 0 Å². The minimum atomic E-state index is -0.260. The quantitative estimate of drug-likeness (QED) is 0.912. The maximum Gasteiger partial charge on any atom is 0.241 e. The molecule has 1 amide bonds. The van der Waals surface area contributed by atoms with Gasteiger partial charge in [-0.05, 0) is 25.1 Å². The molecular weight excluding hydrogens is 257 g/mol. The first-order valence-electron chi connectivity index (χ1n) is 7.05. The molecule has 1 aromatic carbocycles. The van der Waals surface area contributed by atoms with E-state index in [-0.39, 0.29) is 24.3 Å². The monoisotopic (exact) mass is 279 g/mol. The molecule has 1 aliphatic heterocycles. The maximum absolute atomic E-state index is 14.3. The second-order valence-electron chi connectivity index (χ2n) is 5.19. The Labute approximate surface area is 119 Å². The number of para-hydroxylation sites is 1. The van der Waals surface area contributed by atoms with Crippen molar-refractivity contribution in [1.82, 2.24) is 10.2 Å². The predicted octanol–water partition coefficient (Wildman–Crippen LogP) is 1.77. The van der Waals surface area contributed by atoms with E-state index in [0.717, 1.165) is 12.1 Å². The molecule has 110 valence electrons. The molecule has 1 N–H and O–H groups in total. The Hall–Kier alpha value is -1.62. The van der Waals surface area contributed by atoms with Crippen molar-refractivity contribution in [3.8, 4) is 0 Å². The standard InChI is InChI=1S/C15H22FN3O/c1-4-17-11(2)12-6-5-7-13(16)15(12)19-9-8-18(3)14(20)10-19/h5-7,11,17H,4,8-10H2,1-3H3. The van der Waals surface area contributed by atoms with Gasteiger partial charge in [0.25, 0.3) is 0 Å². The number of anilines is 1. The van der Waals surface area contributed by atoms with E-state index in [0.29, 0.717) is 18.8 Å². The van der Waals surface area contributed by atoms with Gasteiger partial charge < -0.3 is 15.1 Å². The lowest BCUT2D eigenvalue weighted by molar-refractivity contribution is -0.129. The summed E-state index contributed by atoms with van der Waals surface area (Å²) in [5.41, 5.74) is 1.46. The van der Waals surface area contributed by atoms with Gasteiger partial charge in [-0.1, -0.05) is 19.1 Å². The summed E-state index contributed by atoms with van der Waals surface area (Å²) in [7, 11) is 1.78. The van der Waals surface area contributed by atoms with Crippen LogP contribution in [0.15, 0.2) is 18.2 Å². The lowest BCUT2D eigenvalue weighted by Gasteiger charge is -2.35. The van der Waals surface area contributed by atoms with Gasteiger partial charge in [0.2, 0.25) is 5.91 Å². The van der Waals surface area contributed by atoms with E-state index < -0.39 is 0 Å². The topological polar surface area (TPSA) is 35.6 Å². The Morgan fingerprint density at radius 1 is 1.40 bits per heavy atom. The van der Waals surface area contributed by atoms with Crippen LogP contribution in [0, 0.1) is 5.82 Å². The summed E-state index contributed by atoms with van der Waals surface area (Å²) in [5.74, 6) is -0.230. The van der Waals surface area contributed by atoms with E-state index in [1.807, 2.05) is 24.8 Å². The first-order chi connectivity index (χ1) is 9.54. The van der Waals surface area contributed by atoms with Crippen molar-refractivity contribution in [3.05, 3.63) is 29.6 Å². The Kier molecular flexibility index (Phi) is 4.60. The number of piperazine rings is 1. The van der Waals surface area contributed by atoms with E-state index in [4.69, 9.17) is 0 Å².